The predicted molar refractivity (Wildman–Crippen MR) is 102 cm³/mol. The number of halogens is 1. The molecule has 0 amide bonds. The molecule has 1 aliphatic heterocycles. The first kappa shape index (κ1) is 18.2. The highest BCUT2D eigenvalue weighted by molar-refractivity contribution is 14.0. The lowest BCUT2D eigenvalue weighted by atomic mass is 10.2. The Morgan fingerprint density at radius 3 is 2.52 bits per heavy atom. The summed E-state index contributed by atoms with van der Waals surface area (Å²) in [5, 5.41) is 3.12. The summed E-state index contributed by atoms with van der Waals surface area (Å²) in [6.07, 6.45) is 5.05. The van der Waals surface area contributed by atoms with Crippen molar-refractivity contribution in [2.75, 3.05) is 31.5 Å². The molecule has 0 aliphatic carbocycles. The van der Waals surface area contributed by atoms with Gasteiger partial charge in [-0.1, -0.05) is 17.7 Å². The van der Waals surface area contributed by atoms with E-state index in [9.17, 15) is 0 Å². The first-order chi connectivity index (χ1) is 9.74. The molecule has 0 unspecified atom stereocenters. The highest BCUT2D eigenvalue weighted by atomic mass is 127. The van der Waals surface area contributed by atoms with Crippen molar-refractivity contribution in [3.05, 3.63) is 29.8 Å². The van der Waals surface area contributed by atoms with Gasteiger partial charge in [0.05, 0.1) is 0 Å². The van der Waals surface area contributed by atoms with Crippen molar-refractivity contribution in [3.63, 3.8) is 0 Å². The number of hydrogen-bond acceptors (Lipinski definition) is 2. The molecular formula is C16H27IN4. The van der Waals surface area contributed by atoms with Crippen LogP contribution in [0.4, 0.5) is 5.69 Å². The number of nitrogens with one attached hydrogen (secondary N) is 1. The van der Waals surface area contributed by atoms with E-state index in [0.29, 0.717) is 5.96 Å². The summed E-state index contributed by atoms with van der Waals surface area (Å²) < 4.78 is 0. The van der Waals surface area contributed by atoms with Crippen molar-refractivity contribution in [1.29, 1.82) is 0 Å². The van der Waals surface area contributed by atoms with Gasteiger partial charge in [0.1, 0.15) is 0 Å². The summed E-state index contributed by atoms with van der Waals surface area (Å²) in [7, 11) is 0. The molecule has 21 heavy (non-hydrogen) atoms. The van der Waals surface area contributed by atoms with E-state index in [1.54, 1.807) is 0 Å². The number of nitrogens with two attached hydrogens (primary N) is 1. The van der Waals surface area contributed by atoms with E-state index in [-0.39, 0.29) is 24.0 Å². The second-order valence-corrected chi connectivity index (χ2v) is 5.51. The Morgan fingerprint density at radius 1 is 1.19 bits per heavy atom. The average molecular weight is 402 g/mol. The molecule has 1 aliphatic rings. The van der Waals surface area contributed by atoms with Crippen molar-refractivity contribution in [1.82, 2.24) is 4.90 Å². The number of benzene rings is 1. The minimum absolute atomic E-state index is 0. The minimum atomic E-state index is 0. The topological polar surface area (TPSA) is 53.6 Å². The number of likely N-dealkylation sites (tertiary alicyclic amines) is 1. The summed E-state index contributed by atoms with van der Waals surface area (Å²) in [6.45, 7) is 6.64. The molecule has 4 nitrogen and oxygen atoms in total. The van der Waals surface area contributed by atoms with Gasteiger partial charge in [-0.2, -0.15) is 0 Å². The number of aryl methyl sites for hydroxylation is 1. The summed E-state index contributed by atoms with van der Waals surface area (Å²) in [5.41, 5.74) is 8.11. The summed E-state index contributed by atoms with van der Waals surface area (Å²) in [6, 6.07) is 8.16. The minimum Gasteiger partial charge on any atom is -0.370 e. The summed E-state index contributed by atoms with van der Waals surface area (Å²) in [4.78, 5) is 6.91. The number of anilines is 1. The van der Waals surface area contributed by atoms with E-state index in [1.165, 1.54) is 44.5 Å². The fraction of sp³-hybridized carbons (Fsp3) is 0.562. The standard InChI is InChI=1S/C16H26N4.HI/c1-14-6-8-15(9-7-14)19-16(17)18-10-2-3-11-20-12-4-5-13-20;/h6-9H,2-5,10-13H2,1H3,(H3,17,18,19);1H. The van der Waals surface area contributed by atoms with Gasteiger partial charge in [0.15, 0.2) is 5.96 Å². The van der Waals surface area contributed by atoms with Gasteiger partial charge in [0, 0.05) is 12.2 Å². The molecule has 1 aromatic carbocycles. The fourth-order valence-electron chi connectivity index (χ4n) is 2.48. The monoisotopic (exact) mass is 402 g/mol. The van der Waals surface area contributed by atoms with E-state index in [2.05, 4.69) is 34.3 Å². The quantitative estimate of drug-likeness (QED) is 0.333. The van der Waals surface area contributed by atoms with Crippen LogP contribution in [0.3, 0.4) is 0 Å². The van der Waals surface area contributed by atoms with Crippen LogP contribution >= 0.6 is 24.0 Å². The van der Waals surface area contributed by atoms with Crippen LogP contribution in [-0.2, 0) is 0 Å². The van der Waals surface area contributed by atoms with Crippen molar-refractivity contribution >= 4 is 35.6 Å². The second kappa shape index (κ2) is 10.00. The third-order valence-corrected chi connectivity index (χ3v) is 3.69. The molecule has 0 aromatic heterocycles. The molecule has 3 N–H and O–H groups in total. The van der Waals surface area contributed by atoms with Crippen LogP contribution in [0.5, 0.6) is 0 Å². The summed E-state index contributed by atoms with van der Waals surface area (Å²) in [5.74, 6) is 0.509. The summed E-state index contributed by atoms with van der Waals surface area (Å²) >= 11 is 0. The molecule has 5 heteroatoms. The van der Waals surface area contributed by atoms with Crippen molar-refractivity contribution in [2.24, 2.45) is 10.7 Å². The molecule has 0 spiro atoms. The molecule has 1 saturated heterocycles. The number of rotatable bonds is 6. The van der Waals surface area contributed by atoms with Gasteiger partial charge in [0.2, 0.25) is 0 Å². The fourth-order valence-corrected chi connectivity index (χ4v) is 2.48. The normalized spacial score (nSPS) is 15.8. The Hall–Kier alpha value is -0.820. The van der Waals surface area contributed by atoms with Crippen molar-refractivity contribution in [3.8, 4) is 0 Å². The van der Waals surface area contributed by atoms with Crippen molar-refractivity contribution in [2.45, 2.75) is 32.6 Å². The lowest BCUT2D eigenvalue weighted by Crippen LogP contribution is -2.23. The number of unbranched alkanes of at least 4 members (excludes halogenated alkanes) is 1. The Kier molecular flexibility index (Phi) is 8.68. The van der Waals surface area contributed by atoms with Crippen LogP contribution in [0.15, 0.2) is 29.3 Å². The molecule has 1 fully saturated rings. The Labute approximate surface area is 145 Å². The lowest BCUT2D eigenvalue weighted by molar-refractivity contribution is 0.331. The molecule has 2 rings (SSSR count). The first-order valence-electron chi connectivity index (χ1n) is 7.60. The van der Waals surface area contributed by atoms with Crippen LogP contribution in [0, 0.1) is 6.92 Å². The lowest BCUT2D eigenvalue weighted by Gasteiger charge is -2.13. The van der Waals surface area contributed by atoms with Gasteiger partial charge in [0.25, 0.3) is 0 Å². The molecule has 1 heterocycles. The highest BCUT2D eigenvalue weighted by Crippen LogP contribution is 2.09. The highest BCUT2D eigenvalue weighted by Gasteiger charge is 2.09. The number of hydrogen-bond donors (Lipinski definition) is 2. The zero-order chi connectivity index (χ0) is 14.2. The SMILES string of the molecule is Cc1ccc(NC(N)=NCCCCN2CCCC2)cc1.I. The molecule has 1 aromatic rings. The predicted octanol–water partition coefficient (Wildman–Crippen LogP) is 3.22. The van der Waals surface area contributed by atoms with Gasteiger partial charge in [-0.15, -0.1) is 24.0 Å². The Balaban J connectivity index is 0.00000220. The largest absolute Gasteiger partial charge is 0.370 e. The van der Waals surface area contributed by atoms with Crippen molar-refractivity contribution < 1.29 is 0 Å². The third kappa shape index (κ3) is 7.13. The Bertz CT molecular complexity index is 424. The maximum Gasteiger partial charge on any atom is 0.193 e. The van der Waals surface area contributed by atoms with Gasteiger partial charge in [-0.3, -0.25) is 4.99 Å². The molecular weight excluding hydrogens is 375 g/mol. The molecule has 118 valence electrons. The maximum atomic E-state index is 5.88. The Morgan fingerprint density at radius 2 is 1.86 bits per heavy atom. The van der Waals surface area contributed by atoms with Crippen LogP contribution in [-0.4, -0.2) is 37.0 Å². The number of guanidine groups is 1. The zero-order valence-corrected chi connectivity index (χ0v) is 15.2. The smallest absolute Gasteiger partial charge is 0.193 e. The van der Waals surface area contributed by atoms with E-state index < -0.39 is 0 Å². The van der Waals surface area contributed by atoms with Gasteiger partial charge in [-0.05, 0) is 64.4 Å². The van der Waals surface area contributed by atoms with E-state index in [4.69, 9.17) is 5.73 Å². The van der Waals surface area contributed by atoms with Crippen LogP contribution in [0.1, 0.15) is 31.2 Å². The van der Waals surface area contributed by atoms with Gasteiger partial charge < -0.3 is 16.0 Å². The molecule has 0 bridgehead atoms. The third-order valence-electron chi connectivity index (χ3n) is 3.69. The number of nitrogens with zero attached hydrogens (tertiary/aromatic N) is 2. The van der Waals surface area contributed by atoms with Crippen LogP contribution in [0.25, 0.3) is 0 Å². The zero-order valence-electron chi connectivity index (χ0n) is 12.8. The first-order valence-corrected chi connectivity index (χ1v) is 7.60. The van der Waals surface area contributed by atoms with Crippen LogP contribution < -0.4 is 11.1 Å². The maximum absolute atomic E-state index is 5.88. The van der Waals surface area contributed by atoms with E-state index in [0.717, 1.165) is 18.7 Å². The van der Waals surface area contributed by atoms with Gasteiger partial charge in [-0.25, -0.2) is 0 Å². The second-order valence-electron chi connectivity index (χ2n) is 5.51. The van der Waals surface area contributed by atoms with E-state index >= 15 is 0 Å². The molecule has 0 radical (unpaired) electrons. The molecule has 0 atom stereocenters. The molecule has 0 saturated carbocycles. The average Bonchev–Trinajstić information content (AvgIpc) is 2.94. The van der Waals surface area contributed by atoms with Crippen LogP contribution in [0.2, 0.25) is 0 Å². The van der Waals surface area contributed by atoms with Gasteiger partial charge >= 0.3 is 0 Å². The van der Waals surface area contributed by atoms with E-state index in [1.807, 2.05) is 12.1 Å². The number of aliphatic imine (C=N–C) groups is 1.